The monoisotopic (exact) mass is 978 g/mol. The van der Waals surface area contributed by atoms with Crippen LogP contribution in [0.4, 0.5) is 22.7 Å². The number of ether oxygens (including phenoxy) is 2. The van der Waals surface area contributed by atoms with Crippen LogP contribution in [0.15, 0.2) is 129 Å². The fourth-order valence-electron chi connectivity index (χ4n) is 8.57. The van der Waals surface area contributed by atoms with Gasteiger partial charge in [0.1, 0.15) is 11.5 Å². The number of hydrogen-bond donors (Lipinski definition) is 2. The summed E-state index contributed by atoms with van der Waals surface area (Å²) in [5.74, 6) is -1.49. The minimum Gasteiger partial charge on any atom is -0.478 e. The first-order chi connectivity index (χ1) is 31.5. The Morgan fingerprint density at radius 1 is 0.621 bits per heavy atom. The SMILES string of the molecule is CCCC[C@@]1(CC)CN(c2ccccc2)c2cc(SC)c(O/C=C/C(=O)O)cc2S(=O)(=O)C1.CCCC[C@]1(CC)CN(c2ccccc2)c2cc(SC)c(O/C=C/C(=O)O)cc2S(=O)(=O)C1. The number of para-hydroxylation sites is 2. The highest BCUT2D eigenvalue weighted by Crippen LogP contribution is 2.49. The first-order valence-corrected chi connectivity index (χ1v) is 27.9. The fourth-order valence-corrected chi connectivity index (χ4v) is 14.0. The summed E-state index contributed by atoms with van der Waals surface area (Å²) in [4.78, 5) is 27.8. The highest BCUT2D eigenvalue weighted by atomic mass is 32.2. The number of carbonyl (C=O) groups is 2. The highest BCUT2D eigenvalue weighted by molar-refractivity contribution is 7.99. The number of rotatable bonds is 18. The van der Waals surface area contributed by atoms with E-state index in [1.54, 1.807) is 12.1 Å². The smallest absolute Gasteiger partial charge is 0.331 e. The molecule has 6 rings (SSSR count). The standard InChI is InChI=1S/2C25H31NO5S2/c2*1-4-6-13-25(5-2)17-26(19-10-8-7-9-11-19)20-15-22(32-3)21(31-14-12-24(27)28)16-23(20)33(29,30)18-25/h2*7-12,14-16H,4-6,13,17-18H2,1-3H3,(H,27,28)/b2*14-12+/t2*25-/m10/s1. The van der Waals surface area contributed by atoms with Crippen LogP contribution in [0.25, 0.3) is 0 Å². The van der Waals surface area contributed by atoms with Gasteiger partial charge in [-0.2, -0.15) is 0 Å². The van der Waals surface area contributed by atoms with E-state index in [4.69, 9.17) is 19.7 Å². The van der Waals surface area contributed by atoms with Crippen molar-refractivity contribution >= 4 is 77.9 Å². The normalized spacial score (nSPS) is 19.8. The first kappa shape index (κ1) is 52.1. The van der Waals surface area contributed by atoms with Crippen molar-refractivity contribution in [3.8, 4) is 11.5 Å². The van der Waals surface area contributed by atoms with E-state index < -0.39 is 31.6 Å². The second kappa shape index (κ2) is 23.2. The van der Waals surface area contributed by atoms with Crippen molar-refractivity contribution in [3.63, 3.8) is 0 Å². The number of anilines is 4. The minimum absolute atomic E-state index is 0.0653. The third-order valence-corrected chi connectivity index (χ3v) is 17.8. The fraction of sp³-hybridized carbons (Fsp3) is 0.400. The molecule has 2 aliphatic rings. The van der Waals surface area contributed by atoms with E-state index in [1.165, 1.54) is 23.5 Å². The van der Waals surface area contributed by atoms with Gasteiger partial charge in [-0.3, -0.25) is 0 Å². The lowest BCUT2D eigenvalue weighted by Crippen LogP contribution is -2.37. The lowest BCUT2D eigenvalue weighted by Gasteiger charge is -2.36. The third-order valence-electron chi connectivity index (χ3n) is 12.3. The van der Waals surface area contributed by atoms with Crippen LogP contribution in [0.5, 0.6) is 11.5 Å². The molecule has 2 aliphatic heterocycles. The molecule has 4 aromatic rings. The average Bonchev–Trinajstić information content (AvgIpc) is 3.47. The van der Waals surface area contributed by atoms with E-state index in [0.717, 1.165) is 97.2 Å². The van der Waals surface area contributed by atoms with E-state index >= 15 is 0 Å². The number of fused-ring (bicyclic) bond motifs is 2. The topological polar surface area (TPSA) is 168 Å². The Bertz CT molecular complexity index is 2410. The summed E-state index contributed by atoms with van der Waals surface area (Å²) in [6.07, 6.45) is 14.8. The third kappa shape index (κ3) is 12.7. The number of benzene rings is 4. The van der Waals surface area contributed by atoms with Crippen LogP contribution in [-0.2, 0) is 29.3 Å². The molecule has 12 nitrogen and oxygen atoms in total. The summed E-state index contributed by atoms with van der Waals surface area (Å²) in [7, 11) is -7.26. The van der Waals surface area contributed by atoms with Crippen molar-refractivity contribution in [1.29, 1.82) is 0 Å². The van der Waals surface area contributed by atoms with Gasteiger partial charge in [-0.1, -0.05) is 89.8 Å². The zero-order valence-electron chi connectivity index (χ0n) is 38.6. The molecule has 0 spiro atoms. The lowest BCUT2D eigenvalue weighted by molar-refractivity contribution is -0.132. The maximum atomic E-state index is 13.7. The van der Waals surface area contributed by atoms with Crippen molar-refractivity contribution in [2.45, 2.75) is 98.6 Å². The predicted octanol–water partition coefficient (Wildman–Crippen LogP) is 11.8. The van der Waals surface area contributed by atoms with Gasteiger partial charge in [-0.05, 0) is 74.6 Å². The van der Waals surface area contributed by atoms with Crippen LogP contribution >= 0.6 is 23.5 Å². The van der Waals surface area contributed by atoms with Gasteiger partial charge in [-0.25, -0.2) is 26.4 Å². The quantitative estimate of drug-likeness (QED) is 0.0549. The molecule has 2 N–H and O–H groups in total. The number of carboxylic acid groups (broad SMARTS) is 2. The Morgan fingerprint density at radius 2 is 0.985 bits per heavy atom. The molecule has 2 atom stereocenters. The first-order valence-electron chi connectivity index (χ1n) is 22.2. The van der Waals surface area contributed by atoms with Gasteiger partial charge in [0, 0.05) is 47.4 Å². The molecular weight excluding hydrogens is 917 g/mol. The number of unbranched alkanes of at least 4 members (excludes halogenated alkanes) is 2. The highest BCUT2D eigenvalue weighted by Gasteiger charge is 2.43. The van der Waals surface area contributed by atoms with Gasteiger partial charge in [0.25, 0.3) is 0 Å². The Hall–Kier alpha value is -4.90. The van der Waals surface area contributed by atoms with Crippen LogP contribution in [0.1, 0.15) is 79.1 Å². The molecule has 2 heterocycles. The zero-order chi connectivity index (χ0) is 48.1. The number of hydrogen-bond acceptors (Lipinski definition) is 12. The van der Waals surface area contributed by atoms with Gasteiger partial charge >= 0.3 is 11.9 Å². The van der Waals surface area contributed by atoms with Crippen LogP contribution in [0.2, 0.25) is 0 Å². The van der Waals surface area contributed by atoms with Crippen LogP contribution < -0.4 is 19.3 Å². The van der Waals surface area contributed by atoms with E-state index in [0.29, 0.717) is 36.0 Å². The molecule has 0 aliphatic carbocycles. The van der Waals surface area contributed by atoms with Gasteiger partial charge in [0.15, 0.2) is 19.7 Å². The summed E-state index contributed by atoms with van der Waals surface area (Å²) < 4.78 is 66.1. The largest absolute Gasteiger partial charge is 0.478 e. The lowest BCUT2D eigenvalue weighted by atomic mass is 9.81. The molecule has 4 aromatic carbocycles. The van der Waals surface area contributed by atoms with Gasteiger partial charge < -0.3 is 29.5 Å². The van der Waals surface area contributed by atoms with Crippen LogP contribution in [0.3, 0.4) is 0 Å². The summed E-state index contributed by atoms with van der Waals surface area (Å²) >= 11 is 2.85. The number of thioether (sulfide) groups is 2. The maximum Gasteiger partial charge on any atom is 0.331 e. The van der Waals surface area contributed by atoms with Crippen molar-refractivity contribution in [2.75, 3.05) is 46.9 Å². The molecule has 66 heavy (non-hydrogen) atoms. The molecule has 0 bridgehead atoms. The molecule has 0 amide bonds. The van der Waals surface area contributed by atoms with Crippen molar-refractivity contribution in [2.24, 2.45) is 10.8 Å². The van der Waals surface area contributed by atoms with Crippen LogP contribution in [-0.4, -0.2) is 76.1 Å². The van der Waals surface area contributed by atoms with Crippen LogP contribution in [0, 0.1) is 10.8 Å². The Labute approximate surface area is 399 Å². The molecule has 0 unspecified atom stereocenters. The Morgan fingerprint density at radius 3 is 1.29 bits per heavy atom. The Balaban J connectivity index is 0.000000247. The van der Waals surface area contributed by atoms with Crippen molar-refractivity contribution < 1.29 is 46.1 Å². The second-order valence-electron chi connectivity index (χ2n) is 16.7. The van der Waals surface area contributed by atoms with E-state index in [9.17, 15) is 26.4 Å². The number of sulfone groups is 2. The van der Waals surface area contributed by atoms with Gasteiger partial charge in [0.2, 0.25) is 0 Å². The van der Waals surface area contributed by atoms with Gasteiger partial charge in [-0.15, -0.1) is 23.5 Å². The molecular formula is C50H62N2O10S4. The molecule has 0 saturated heterocycles. The minimum atomic E-state index is -3.63. The number of carboxylic acids is 2. The summed E-state index contributed by atoms with van der Waals surface area (Å²) in [6.45, 7) is 9.60. The number of nitrogens with zero attached hydrogens (tertiary/aromatic N) is 2. The van der Waals surface area contributed by atoms with E-state index in [1.807, 2.05) is 85.3 Å². The summed E-state index contributed by atoms with van der Waals surface area (Å²) in [5, 5.41) is 17.7. The molecule has 356 valence electrons. The molecule has 0 saturated carbocycles. The molecule has 0 radical (unpaired) electrons. The number of aliphatic carboxylic acids is 2. The van der Waals surface area contributed by atoms with Crippen molar-refractivity contribution in [1.82, 2.24) is 0 Å². The van der Waals surface area contributed by atoms with E-state index in [2.05, 4.69) is 37.5 Å². The average molecular weight is 979 g/mol. The van der Waals surface area contributed by atoms with E-state index in [-0.39, 0.29) is 32.1 Å². The predicted molar refractivity (Wildman–Crippen MR) is 267 cm³/mol. The van der Waals surface area contributed by atoms with Crippen molar-refractivity contribution in [3.05, 3.63) is 110 Å². The second-order valence-corrected chi connectivity index (χ2v) is 22.3. The van der Waals surface area contributed by atoms with Gasteiger partial charge in [0.05, 0.1) is 67.1 Å². The summed E-state index contributed by atoms with van der Waals surface area (Å²) in [6, 6.07) is 26.5. The summed E-state index contributed by atoms with van der Waals surface area (Å²) in [5.41, 5.74) is 2.38. The zero-order valence-corrected chi connectivity index (χ0v) is 41.8. The maximum absolute atomic E-state index is 13.7. The Kier molecular flexibility index (Phi) is 18.3. The molecule has 0 fully saturated rings. The molecule has 16 heteroatoms. The molecule has 0 aromatic heterocycles.